The Morgan fingerprint density at radius 1 is 1.20 bits per heavy atom. The summed E-state index contributed by atoms with van der Waals surface area (Å²) in [6.45, 7) is 0.579. The van der Waals surface area contributed by atoms with Crippen LogP contribution in [0, 0.1) is 0 Å². The first-order chi connectivity index (χ1) is 7.31. The van der Waals surface area contributed by atoms with Gasteiger partial charge in [0.25, 0.3) is 0 Å². The summed E-state index contributed by atoms with van der Waals surface area (Å²) in [4.78, 5) is 0. The Labute approximate surface area is 96.8 Å². The van der Waals surface area contributed by atoms with Crippen LogP contribution >= 0.6 is 15.9 Å². The predicted octanol–water partition coefficient (Wildman–Crippen LogP) is -0.0655. The Balaban J connectivity index is 2.14. The molecule has 0 radical (unpaired) electrons. The molecule has 82 valence electrons. The van der Waals surface area contributed by atoms with E-state index in [0.717, 1.165) is 4.47 Å². The summed E-state index contributed by atoms with van der Waals surface area (Å²) < 4.78 is 1.07. The monoisotopic (exact) mass is 271 g/mol. The van der Waals surface area contributed by atoms with E-state index in [-0.39, 0.29) is 12.1 Å². The van der Waals surface area contributed by atoms with E-state index < -0.39 is 0 Å². The van der Waals surface area contributed by atoms with Crippen molar-refractivity contribution in [3.05, 3.63) is 34.3 Å². The molecule has 0 aliphatic carbocycles. The van der Waals surface area contributed by atoms with Crippen LogP contribution in [0.15, 0.2) is 28.7 Å². The Morgan fingerprint density at radius 3 is 2.33 bits per heavy atom. The molecule has 5 nitrogen and oxygen atoms in total. The molecule has 1 aliphatic rings. The maximum absolute atomic E-state index is 5.78. The number of hydrazine groups is 3. The Hall–Kier alpha value is -0.500. The molecule has 1 aromatic carbocycles. The van der Waals surface area contributed by atoms with Gasteiger partial charge in [-0.25, -0.2) is 10.9 Å². The molecule has 0 saturated carbocycles. The zero-order valence-corrected chi connectivity index (χ0v) is 9.71. The van der Waals surface area contributed by atoms with E-state index in [9.17, 15) is 0 Å². The molecule has 0 bridgehead atoms. The molecule has 6 heteroatoms. The molecule has 1 unspecified atom stereocenters. The Kier molecular flexibility index (Phi) is 3.68. The largest absolute Gasteiger partial charge is 0.330 e. The molecule has 2 rings (SSSR count). The van der Waals surface area contributed by atoms with Crippen LogP contribution in [0.5, 0.6) is 0 Å². The second kappa shape index (κ2) is 5.02. The molecule has 0 aromatic heterocycles. The van der Waals surface area contributed by atoms with Gasteiger partial charge in [0, 0.05) is 16.9 Å². The van der Waals surface area contributed by atoms with E-state index in [1.807, 2.05) is 12.1 Å². The van der Waals surface area contributed by atoms with Crippen molar-refractivity contribution >= 4 is 15.9 Å². The summed E-state index contributed by atoms with van der Waals surface area (Å²) in [5.74, 6) is 0.223. The SMILES string of the molecule is NCC(c1ccc(Br)cc1)C1NNNN1. The predicted molar refractivity (Wildman–Crippen MR) is 62.3 cm³/mol. The molecule has 1 aromatic rings. The number of halogens is 1. The van der Waals surface area contributed by atoms with Crippen LogP contribution in [0.2, 0.25) is 0 Å². The van der Waals surface area contributed by atoms with Gasteiger partial charge in [-0.15, -0.1) is 0 Å². The van der Waals surface area contributed by atoms with Crippen LogP contribution in [0.3, 0.4) is 0 Å². The van der Waals surface area contributed by atoms with Crippen LogP contribution in [0.25, 0.3) is 0 Å². The fourth-order valence-electron chi connectivity index (χ4n) is 1.64. The highest BCUT2D eigenvalue weighted by atomic mass is 79.9. The number of rotatable bonds is 3. The lowest BCUT2D eigenvalue weighted by Gasteiger charge is -2.21. The van der Waals surface area contributed by atoms with Crippen molar-refractivity contribution in [2.45, 2.75) is 12.1 Å². The summed E-state index contributed by atoms with van der Waals surface area (Å²) in [6.07, 6.45) is 0.0937. The third-order valence-corrected chi connectivity index (χ3v) is 3.00. The van der Waals surface area contributed by atoms with Crippen LogP contribution in [-0.4, -0.2) is 12.7 Å². The topological polar surface area (TPSA) is 74.1 Å². The molecule has 1 fully saturated rings. The fraction of sp³-hybridized carbons (Fsp3) is 0.333. The van der Waals surface area contributed by atoms with Crippen molar-refractivity contribution in [3.8, 4) is 0 Å². The van der Waals surface area contributed by atoms with Gasteiger partial charge in [0.15, 0.2) is 0 Å². The van der Waals surface area contributed by atoms with E-state index in [1.54, 1.807) is 0 Å². The zero-order valence-electron chi connectivity index (χ0n) is 8.13. The van der Waals surface area contributed by atoms with Gasteiger partial charge in [-0.05, 0) is 17.7 Å². The third kappa shape index (κ3) is 2.54. The van der Waals surface area contributed by atoms with Crippen molar-refractivity contribution in [1.29, 1.82) is 0 Å². The second-order valence-corrected chi connectivity index (χ2v) is 4.33. The molecule has 0 amide bonds. The highest BCUT2D eigenvalue weighted by Gasteiger charge is 2.24. The van der Waals surface area contributed by atoms with E-state index in [0.29, 0.717) is 6.54 Å². The Morgan fingerprint density at radius 2 is 1.80 bits per heavy atom. The molecule has 1 atom stereocenters. The molecule has 1 saturated heterocycles. The fourth-order valence-corrected chi connectivity index (χ4v) is 1.90. The highest BCUT2D eigenvalue weighted by molar-refractivity contribution is 9.10. The molecule has 0 spiro atoms. The standard InChI is InChI=1S/C9H14BrN5/c10-7-3-1-6(2-4-7)8(5-11)9-12-14-15-13-9/h1-4,8-9,12-15H,5,11H2. The van der Waals surface area contributed by atoms with Gasteiger partial charge in [0.1, 0.15) is 0 Å². The number of benzene rings is 1. The zero-order chi connectivity index (χ0) is 10.7. The molecular weight excluding hydrogens is 258 g/mol. The minimum Gasteiger partial charge on any atom is -0.330 e. The van der Waals surface area contributed by atoms with Crippen LogP contribution in [-0.2, 0) is 0 Å². The van der Waals surface area contributed by atoms with Gasteiger partial charge < -0.3 is 5.73 Å². The summed E-state index contributed by atoms with van der Waals surface area (Å²) in [7, 11) is 0. The van der Waals surface area contributed by atoms with Crippen molar-refractivity contribution in [2.24, 2.45) is 5.73 Å². The number of nitrogens with two attached hydrogens (primary N) is 1. The summed E-state index contributed by atoms with van der Waals surface area (Å²) in [6, 6.07) is 8.19. The molecule has 15 heavy (non-hydrogen) atoms. The summed E-state index contributed by atoms with van der Waals surface area (Å²) in [5.41, 5.74) is 18.7. The number of nitrogens with one attached hydrogen (secondary N) is 4. The average Bonchev–Trinajstić information content (AvgIpc) is 2.75. The van der Waals surface area contributed by atoms with Gasteiger partial charge in [-0.1, -0.05) is 28.1 Å². The summed E-state index contributed by atoms with van der Waals surface area (Å²) >= 11 is 3.41. The summed E-state index contributed by atoms with van der Waals surface area (Å²) in [5, 5.41) is 0. The maximum atomic E-state index is 5.78. The first-order valence-electron chi connectivity index (χ1n) is 4.78. The molecule has 1 aliphatic heterocycles. The number of hydrogen-bond donors (Lipinski definition) is 5. The highest BCUT2D eigenvalue weighted by Crippen LogP contribution is 2.20. The van der Waals surface area contributed by atoms with Gasteiger partial charge in [0.2, 0.25) is 0 Å². The first-order valence-corrected chi connectivity index (χ1v) is 5.57. The van der Waals surface area contributed by atoms with Gasteiger partial charge in [-0.2, -0.15) is 11.1 Å². The maximum Gasteiger partial charge on any atom is 0.0939 e. The van der Waals surface area contributed by atoms with Gasteiger partial charge in [-0.3, -0.25) is 0 Å². The first kappa shape index (κ1) is 11.0. The Bertz CT molecular complexity index is 309. The molecular formula is C9H14BrN5. The van der Waals surface area contributed by atoms with Crippen molar-refractivity contribution < 1.29 is 0 Å². The minimum absolute atomic E-state index is 0.0937. The van der Waals surface area contributed by atoms with Crippen molar-refractivity contribution in [2.75, 3.05) is 6.54 Å². The van der Waals surface area contributed by atoms with Crippen LogP contribution in [0.1, 0.15) is 11.5 Å². The lowest BCUT2D eigenvalue weighted by molar-refractivity contribution is 0.436. The minimum atomic E-state index is 0.0937. The number of hydrogen-bond acceptors (Lipinski definition) is 5. The van der Waals surface area contributed by atoms with Crippen LogP contribution in [0.4, 0.5) is 0 Å². The van der Waals surface area contributed by atoms with E-state index in [2.05, 4.69) is 50.0 Å². The van der Waals surface area contributed by atoms with Crippen LogP contribution < -0.4 is 27.7 Å². The normalized spacial score (nSPS) is 19.3. The van der Waals surface area contributed by atoms with Crippen molar-refractivity contribution in [1.82, 2.24) is 21.9 Å². The third-order valence-electron chi connectivity index (χ3n) is 2.47. The smallest absolute Gasteiger partial charge is 0.0939 e. The van der Waals surface area contributed by atoms with Crippen molar-refractivity contribution in [3.63, 3.8) is 0 Å². The van der Waals surface area contributed by atoms with E-state index >= 15 is 0 Å². The van der Waals surface area contributed by atoms with Gasteiger partial charge >= 0.3 is 0 Å². The second-order valence-electron chi connectivity index (χ2n) is 3.41. The van der Waals surface area contributed by atoms with E-state index in [1.165, 1.54) is 5.56 Å². The van der Waals surface area contributed by atoms with Gasteiger partial charge in [0.05, 0.1) is 6.17 Å². The lowest BCUT2D eigenvalue weighted by atomic mass is 9.97. The quantitative estimate of drug-likeness (QED) is 0.533. The lowest BCUT2D eigenvalue weighted by Crippen LogP contribution is -2.42. The molecule has 1 heterocycles. The van der Waals surface area contributed by atoms with E-state index in [4.69, 9.17) is 5.73 Å². The molecule has 6 N–H and O–H groups in total. The average molecular weight is 272 g/mol.